The van der Waals surface area contributed by atoms with Crippen LogP contribution in [0.4, 0.5) is 0 Å². The molecular weight excluding hydrogens is 415 g/mol. The molecule has 1 unspecified atom stereocenters. The zero-order valence-electron chi connectivity index (χ0n) is 16.4. The van der Waals surface area contributed by atoms with Gasteiger partial charge in [-0.15, -0.1) is 24.8 Å². The lowest BCUT2D eigenvalue weighted by Gasteiger charge is -2.32. The van der Waals surface area contributed by atoms with Crippen molar-refractivity contribution in [2.24, 2.45) is 11.7 Å². The van der Waals surface area contributed by atoms with Crippen molar-refractivity contribution in [1.29, 1.82) is 0 Å². The van der Waals surface area contributed by atoms with E-state index < -0.39 is 0 Å². The number of hydrogen-bond donors (Lipinski definition) is 2. The van der Waals surface area contributed by atoms with E-state index in [1.54, 1.807) is 22.0 Å². The summed E-state index contributed by atoms with van der Waals surface area (Å²) in [6, 6.07) is 5.59. The number of likely N-dealkylation sites (tertiary alicyclic amines) is 1. The van der Waals surface area contributed by atoms with Gasteiger partial charge in [-0.05, 0) is 31.4 Å². The van der Waals surface area contributed by atoms with Crippen LogP contribution >= 0.6 is 24.8 Å². The quantitative estimate of drug-likeness (QED) is 0.706. The number of rotatable bonds is 6. The Labute approximate surface area is 183 Å². The van der Waals surface area contributed by atoms with Gasteiger partial charge < -0.3 is 16.0 Å². The first kappa shape index (κ1) is 24.9. The lowest BCUT2D eigenvalue weighted by Crippen LogP contribution is -2.46. The smallest absolute Gasteiger partial charge is 0.257 e. The second-order valence-corrected chi connectivity index (χ2v) is 6.63. The van der Waals surface area contributed by atoms with Crippen LogP contribution in [0.25, 0.3) is 5.82 Å². The maximum absolute atomic E-state index is 13.1. The average molecular weight is 443 g/mol. The second kappa shape index (κ2) is 11.7. The van der Waals surface area contributed by atoms with E-state index in [1.165, 1.54) is 0 Å². The third kappa shape index (κ3) is 5.68. The minimum atomic E-state index is -0.190. The van der Waals surface area contributed by atoms with Crippen molar-refractivity contribution in [2.75, 3.05) is 26.2 Å². The van der Waals surface area contributed by atoms with E-state index in [1.807, 2.05) is 25.1 Å². The van der Waals surface area contributed by atoms with Crippen LogP contribution in [0.2, 0.25) is 0 Å². The highest BCUT2D eigenvalue weighted by molar-refractivity contribution is 5.95. The monoisotopic (exact) mass is 442 g/mol. The van der Waals surface area contributed by atoms with E-state index >= 15 is 0 Å². The maximum Gasteiger partial charge on any atom is 0.257 e. The third-order valence-electron chi connectivity index (χ3n) is 4.82. The van der Waals surface area contributed by atoms with Gasteiger partial charge in [-0.1, -0.05) is 13.0 Å². The van der Waals surface area contributed by atoms with Gasteiger partial charge >= 0.3 is 0 Å². The van der Waals surface area contributed by atoms with Crippen LogP contribution in [-0.4, -0.2) is 57.7 Å². The van der Waals surface area contributed by atoms with Gasteiger partial charge in [0.25, 0.3) is 5.91 Å². The summed E-state index contributed by atoms with van der Waals surface area (Å²) in [6.07, 6.45) is 5.56. The summed E-state index contributed by atoms with van der Waals surface area (Å²) in [5, 5.41) is 7.20. The van der Waals surface area contributed by atoms with E-state index in [2.05, 4.69) is 15.4 Å². The van der Waals surface area contributed by atoms with Gasteiger partial charge in [0.15, 0.2) is 5.82 Å². The Bertz CT molecular complexity index is 799. The van der Waals surface area contributed by atoms with Crippen LogP contribution in [-0.2, 0) is 11.2 Å². The fourth-order valence-electron chi connectivity index (χ4n) is 3.45. The molecule has 0 aromatic carbocycles. The maximum atomic E-state index is 13.1. The van der Waals surface area contributed by atoms with E-state index in [9.17, 15) is 9.59 Å². The molecule has 1 saturated heterocycles. The lowest BCUT2D eigenvalue weighted by atomic mass is 9.96. The summed E-state index contributed by atoms with van der Waals surface area (Å²) >= 11 is 0. The average Bonchev–Trinajstić information content (AvgIpc) is 3.16. The number of hydrogen-bond acceptors (Lipinski definition) is 5. The van der Waals surface area contributed by atoms with Crippen molar-refractivity contribution in [3.05, 3.63) is 41.9 Å². The van der Waals surface area contributed by atoms with E-state index in [0.717, 1.165) is 18.5 Å². The summed E-state index contributed by atoms with van der Waals surface area (Å²) in [5.74, 6) is 0.388. The Kier molecular flexibility index (Phi) is 10.1. The molecule has 0 aliphatic carbocycles. The molecule has 29 heavy (non-hydrogen) atoms. The van der Waals surface area contributed by atoms with Crippen molar-refractivity contribution in [2.45, 2.75) is 26.2 Å². The SMILES string of the molecule is CCc1c(C(=O)N2CCCC(C(=O)NCCN)C2)cnn1-c1ccccn1.Cl.Cl. The molecule has 1 aliphatic heterocycles. The fourth-order valence-corrected chi connectivity index (χ4v) is 3.45. The summed E-state index contributed by atoms with van der Waals surface area (Å²) in [6.45, 7) is 3.94. The summed E-state index contributed by atoms with van der Waals surface area (Å²) in [5.41, 5.74) is 6.85. The van der Waals surface area contributed by atoms with Gasteiger partial charge in [-0.25, -0.2) is 9.67 Å². The van der Waals surface area contributed by atoms with E-state index in [-0.39, 0.29) is 42.5 Å². The number of carbonyl (C=O) groups excluding carboxylic acids is 2. The molecule has 3 rings (SSSR count). The summed E-state index contributed by atoms with van der Waals surface area (Å²) < 4.78 is 1.71. The second-order valence-electron chi connectivity index (χ2n) is 6.63. The lowest BCUT2D eigenvalue weighted by molar-refractivity contribution is -0.126. The molecule has 160 valence electrons. The molecule has 1 atom stereocenters. The largest absolute Gasteiger partial charge is 0.355 e. The normalized spacial score (nSPS) is 15.8. The molecule has 1 aliphatic rings. The molecule has 8 nitrogen and oxygen atoms in total. The van der Waals surface area contributed by atoms with Crippen LogP contribution in [0.1, 0.15) is 35.8 Å². The van der Waals surface area contributed by atoms with Gasteiger partial charge in [-0.2, -0.15) is 5.10 Å². The van der Waals surface area contributed by atoms with Gasteiger partial charge in [0.2, 0.25) is 5.91 Å². The first-order valence-electron chi connectivity index (χ1n) is 9.41. The standard InChI is InChI=1S/C19H26N6O2.2ClH/c1-2-16-15(12-23-25(16)17-7-3-4-9-21-17)19(27)24-11-5-6-14(13-24)18(26)22-10-8-20;;/h3-4,7,9,12,14H,2,5-6,8,10-11,13,20H2,1H3,(H,22,26);2*1H. The highest BCUT2D eigenvalue weighted by atomic mass is 35.5. The van der Waals surface area contributed by atoms with Crippen LogP contribution in [0.15, 0.2) is 30.6 Å². The van der Waals surface area contributed by atoms with Gasteiger partial charge in [0.05, 0.1) is 23.4 Å². The third-order valence-corrected chi connectivity index (χ3v) is 4.82. The highest BCUT2D eigenvalue weighted by Crippen LogP contribution is 2.21. The Morgan fingerprint density at radius 2 is 2.10 bits per heavy atom. The Hall–Kier alpha value is -2.16. The Balaban J connectivity index is 0.00000210. The van der Waals surface area contributed by atoms with Crippen LogP contribution in [0, 0.1) is 5.92 Å². The molecule has 1 fully saturated rings. The zero-order valence-corrected chi connectivity index (χ0v) is 18.0. The summed E-state index contributed by atoms with van der Waals surface area (Å²) in [4.78, 5) is 31.4. The number of halogens is 2. The minimum Gasteiger partial charge on any atom is -0.355 e. The van der Waals surface area contributed by atoms with Gasteiger partial charge in [0.1, 0.15) is 0 Å². The van der Waals surface area contributed by atoms with Gasteiger partial charge in [-0.3, -0.25) is 9.59 Å². The van der Waals surface area contributed by atoms with Crippen molar-refractivity contribution in [3.63, 3.8) is 0 Å². The first-order chi connectivity index (χ1) is 13.2. The van der Waals surface area contributed by atoms with Crippen molar-refractivity contribution in [3.8, 4) is 5.82 Å². The summed E-state index contributed by atoms with van der Waals surface area (Å²) in [7, 11) is 0. The molecular formula is C19H28Cl2N6O2. The highest BCUT2D eigenvalue weighted by Gasteiger charge is 2.30. The molecule has 0 spiro atoms. The number of pyridine rings is 1. The molecule has 2 amide bonds. The molecule has 2 aromatic rings. The number of nitrogens with one attached hydrogen (secondary N) is 1. The van der Waals surface area contributed by atoms with Crippen molar-refractivity contribution in [1.82, 2.24) is 25.0 Å². The number of nitrogens with two attached hydrogens (primary N) is 1. The molecule has 0 bridgehead atoms. The first-order valence-corrected chi connectivity index (χ1v) is 9.41. The Morgan fingerprint density at radius 1 is 1.31 bits per heavy atom. The van der Waals surface area contributed by atoms with Gasteiger partial charge in [0, 0.05) is 32.4 Å². The predicted octanol–water partition coefficient (Wildman–Crippen LogP) is 1.60. The minimum absolute atomic E-state index is 0. The van der Waals surface area contributed by atoms with Crippen molar-refractivity contribution < 1.29 is 9.59 Å². The van der Waals surface area contributed by atoms with Crippen LogP contribution < -0.4 is 11.1 Å². The molecule has 3 heterocycles. The zero-order chi connectivity index (χ0) is 19.2. The molecule has 2 aromatic heterocycles. The van der Waals surface area contributed by atoms with E-state index in [4.69, 9.17) is 5.73 Å². The molecule has 0 radical (unpaired) electrons. The predicted molar refractivity (Wildman–Crippen MR) is 116 cm³/mol. The van der Waals surface area contributed by atoms with E-state index in [0.29, 0.717) is 44.0 Å². The Morgan fingerprint density at radius 3 is 2.76 bits per heavy atom. The molecule has 3 N–H and O–H groups in total. The topological polar surface area (TPSA) is 106 Å². The van der Waals surface area contributed by atoms with Crippen LogP contribution in [0.5, 0.6) is 0 Å². The number of carbonyl (C=O) groups is 2. The number of nitrogens with zero attached hydrogens (tertiary/aromatic N) is 4. The molecule has 0 saturated carbocycles. The fraction of sp³-hybridized carbons (Fsp3) is 0.474. The molecule has 10 heteroatoms. The number of piperidine rings is 1. The number of amides is 2. The number of aromatic nitrogens is 3. The van der Waals surface area contributed by atoms with Crippen molar-refractivity contribution >= 4 is 36.6 Å². The van der Waals surface area contributed by atoms with Crippen LogP contribution in [0.3, 0.4) is 0 Å².